The number of hydrogen-bond donors (Lipinski definition) is 1. The predicted molar refractivity (Wildman–Crippen MR) is 89.9 cm³/mol. The molecule has 2 aromatic heterocycles. The van der Waals surface area contributed by atoms with Gasteiger partial charge in [0, 0.05) is 6.04 Å². The highest BCUT2D eigenvalue weighted by Crippen LogP contribution is 2.30. The molecule has 3 aromatic rings. The summed E-state index contributed by atoms with van der Waals surface area (Å²) in [6.07, 6.45) is 0. The van der Waals surface area contributed by atoms with Gasteiger partial charge in [0.05, 0.1) is 15.4 Å². The van der Waals surface area contributed by atoms with Crippen LogP contribution in [0.3, 0.4) is 0 Å². The van der Waals surface area contributed by atoms with Gasteiger partial charge in [0.2, 0.25) is 0 Å². The molecule has 0 saturated heterocycles. The largest absolute Gasteiger partial charge is 0.296 e. The molecule has 0 bridgehead atoms. The Morgan fingerprint density at radius 2 is 2.18 bits per heavy atom. The van der Waals surface area contributed by atoms with E-state index < -0.39 is 0 Å². The van der Waals surface area contributed by atoms with Crippen molar-refractivity contribution < 1.29 is 4.79 Å². The second-order valence-electron chi connectivity index (χ2n) is 5.27. The lowest BCUT2D eigenvalue weighted by atomic mass is 10.3. The Balaban J connectivity index is 1.91. The summed E-state index contributed by atoms with van der Waals surface area (Å²) in [6.45, 7) is 5.84. The van der Waals surface area contributed by atoms with E-state index in [0.717, 1.165) is 10.4 Å². The van der Waals surface area contributed by atoms with Gasteiger partial charge in [-0.05, 0) is 39.0 Å². The van der Waals surface area contributed by atoms with E-state index in [1.165, 1.54) is 11.3 Å². The maximum atomic E-state index is 12.5. The van der Waals surface area contributed by atoms with Crippen molar-refractivity contribution in [2.24, 2.45) is 0 Å². The number of anilines is 1. The second-order valence-corrected chi connectivity index (χ2v) is 6.71. The van der Waals surface area contributed by atoms with Gasteiger partial charge in [-0.2, -0.15) is 5.10 Å². The fraction of sp³-hybridized carbons (Fsp3) is 0.267. The topological polar surface area (TPSA) is 59.8 Å². The van der Waals surface area contributed by atoms with E-state index in [1.807, 2.05) is 32.9 Å². The van der Waals surface area contributed by atoms with Crippen molar-refractivity contribution in [2.45, 2.75) is 26.8 Å². The molecule has 0 unspecified atom stereocenters. The van der Waals surface area contributed by atoms with Gasteiger partial charge in [0.1, 0.15) is 11.2 Å². The van der Waals surface area contributed by atoms with E-state index >= 15 is 0 Å². The highest BCUT2D eigenvalue weighted by Gasteiger charge is 2.17. The average Bonchev–Trinajstić information content (AvgIpc) is 3.03. The minimum absolute atomic E-state index is 0.110. The SMILES string of the molecule is Cc1cc(C(=O)Nc2nc3c(Cl)cccc3s2)n(C(C)C)n1. The number of hydrogen-bond acceptors (Lipinski definition) is 4. The van der Waals surface area contributed by atoms with Gasteiger partial charge in [-0.15, -0.1) is 0 Å². The number of halogens is 1. The number of benzene rings is 1. The third-order valence-electron chi connectivity index (χ3n) is 3.17. The van der Waals surface area contributed by atoms with Crippen LogP contribution in [0.2, 0.25) is 5.02 Å². The molecule has 0 aliphatic rings. The van der Waals surface area contributed by atoms with E-state index in [9.17, 15) is 4.79 Å². The molecule has 1 amide bonds. The van der Waals surface area contributed by atoms with E-state index in [1.54, 1.807) is 16.8 Å². The van der Waals surface area contributed by atoms with Gasteiger partial charge >= 0.3 is 0 Å². The zero-order chi connectivity index (χ0) is 15.9. The van der Waals surface area contributed by atoms with Crippen LogP contribution in [0.5, 0.6) is 0 Å². The van der Waals surface area contributed by atoms with Crippen molar-refractivity contribution in [2.75, 3.05) is 5.32 Å². The Labute approximate surface area is 136 Å². The second kappa shape index (κ2) is 5.70. The normalized spacial score (nSPS) is 11.3. The first-order valence-corrected chi connectivity index (χ1v) is 8.07. The highest BCUT2D eigenvalue weighted by molar-refractivity contribution is 7.22. The lowest BCUT2D eigenvalue weighted by Gasteiger charge is -2.09. The van der Waals surface area contributed by atoms with Crippen molar-refractivity contribution in [3.63, 3.8) is 0 Å². The lowest BCUT2D eigenvalue weighted by molar-refractivity contribution is 0.101. The Morgan fingerprint density at radius 3 is 2.86 bits per heavy atom. The predicted octanol–water partition coefficient (Wildman–Crippen LogP) is 4.29. The van der Waals surface area contributed by atoms with E-state index in [-0.39, 0.29) is 11.9 Å². The molecule has 7 heteroatoms. The van der Waals surface area contributed by atoms with Crippen LogP contribution in [0.15, 0.2) is 24.3 Å². The van der Waals surface area contributed by atoms with Gasteiger partial charge in [-0.25, -0.2) is 4.98 Å². The molecule has 1 N–H and O–H groups in total. The van der Waals surface area contributed by atoms with Gasteiger partial charge in [-0.3, -0.25) is 14.8 Å². The maximum Gasteiger partial charge on any atom is 0.275 e. The van der Waals surface area contributed by atoms with Crippen LogP contribution >= 0.6 is 22.9 Å². The molecule has 0 atom stereocenters. The summed E-state index contributed by atoms with van der Waals surface area (Å²) in [6, 6.07) is 7.46. The zero-order valence-corrected chi connectivity index (χ0v) is 14.0. The molecule has 1 aromatic carbocycles. The third-order valence-corrected chi connectivity index (χ3v) is 4.41. The first kappa shape index (κ1) is 15.0. The van der Waals surface area contributed by atoms with Crippen molar-refractivity contribution in [1.29, 1.82) is 0 Å². The van der Waals surface area contributed by atoms with Crippen LogP contribution in [0.1, 0.15) is 36.1 Å². The monoisotopic (exact) mass is 334 g/mol. The molecule has 3 rings (SSSR count). The minimum Gasteiger partial charge on any atom is -0.296 e. The molecular weight excluding hydrogens is 320 g/mol. The Bertz CT molecular complexity index is 852. The van der Waals surface area contributed by atoms with Crippen LogP contribution < -0.4 is 5.32 Å². The molecule has 114 valence electrons. The van der Waals surface area contributed by atoms with Crippen LogP contribution in [-0.4, -0.2) is 20.7 Å². The fourth-order valence-electron chi connectivity index (χ4n) is 2.21. The summed E-state index contributed by atoms with van der Waals surface area (Å²) in [5.74, 6) is -0.218. The Morgan fingerprint density at radius 1 is 1.41 bits per heavy atom. The number of fused-ring (bicyclic) bond motifs is 1. The minimum atomic E-state index is -0.218. The molecule has 0 aliphatic carbocycles. The standard InChI is InChI=1S/C15H15ClN4OS/c1-8(2)20-11(7-9(3)19-20)14(21)18-15-17-13-10(16)5-4-6-12(13)22-15/h4-8H,1-3H3,(H,17,18,21). The summed E-state index contributed by atoms with van der Waals surface area (Å²) >= 11 is 7.51. The van der Waals surface area contributed by atoms with E-state index in [4.69, 9.17) is 11.6 Å². The van der Waals surface area contributed by atoms with Crippen LogP contribution in [0, 0.1) is 6.92 Å². The van der Waals surface area contributed by atoms with E-state index in [0.29, 0.717) is 21.4 Å². The number of aromatic nitrogens is 3. The molecule has 2 heterocycles. The van der Waals surface area contributed by atoms with Crippen LogP contribution in [-0.2, 0) is 0 Å². The van der Waals surface area contributed by atoms with Gasteiger partial charge < -0.3 is 0 Å². The van der Waals surface area contributed by atoms with Crippen LogP contribution in [0.4, 0.5) is 5.13 Å². The molecule has 22 heavy (non-hydrogen) atoms. The van der Waals surface area contributed by atoms with Gasteiger partial charge in [-0.1, -0.05) is 29.0 Å². The Hall–Kier alpha value is -1.92. The first-order valence-electron chi connectivity index (χ1n) is 6.88. The maximum absolute atomic E-state index is 12.5. The highest BCUT2D eigenvalue weighted by atomic mass is 35.5. The van der Waals surface area contributed by atoms with Crippen molar-refractivity contribution in [1.82, 2.24) is 14.8 Å². The number of thiazole rings is 1. The average molecular weight is 335 g/mol. The quantitative estimate of drug-likeness (QED) is 0.777. The molecule has 0 spiro atoms. The molecule has 0 radical (unpaired) electrons. The van der Waals surface area contributed by atoms with Gasteiger partial charge in [0.15, 0.2) is 5.13 Å². The van der Waals surface area contributed by atoms with Crippen molar-refractivity contribution in [3.05, 3.63) is 40.7 Å². The number of carbonyl (C=O) groups is 1. The zero-order valence-electron chi connectivity index (χ0n) is 12.4. The number of amides is 1. The number of aryl methyl sites for hydroxylation is 1. The van der Waals surface area contributed by atoms with Crippen molar-refractivity contribution >= 4 is 44.2 Å². The number of nitrogens with zero attached hydrogens (tertiary/aromatic N) is 3. The smallest absolute Gasteiger partial charge is 0.275 e. The number of carbonyl (C=O) groups excluding carboxylic acids is 1. The van der Waals surface area contributed by atoms with E-state index in [2.05, 4.69) is 15.4 Å². The van der Waals surface area contributed by atoms with Crippen LogP contribution in [0.25, 0.3) is 10.2 Å². The Kier molecular flexibility index (Phi) is 3.88. The first-order chi connectivity index (χ1) is 10.5. The molecular formula is C15H15ClN4OS. The number of nitrogens with one attached hydrogen (secondary N) is 1. The summed E-state index contributed by atoms with van der Waals surface area (Å²) in [5, 5.41) is 8.29. The lowest BCUT2D eigenvalue weighted by Crippen LogP contribution is -2.18. The third kappa shape index (κ3) is 2.71. The van der Waals surface area contributed by atoms with Gasteiger partial charge in [0.25, 0.3) is 5.91 Å². The fourth-order valence-corrected chi connectivity index (χ4v) is 3.37. The molecule has 0 saturated carbocycles. The molecule has 0 aliphatic heterocycles. The number of para-hydroxylation sites is 1. The molecule has 5 nitrogen and oxygen atoms in total. The van der Waals surface area contributed by atoms with Crippen molar-refractivity contribution in [3.8, 4) is 0 Å². The molecule has 0 fully saturated rings. The number of rotatable bonds is 3. The summed E-state index contributed by atoms with van der Waals surface area (Å²) < 4.78 is 2.65. The summed E-state index contributed by atoms with van der Waals surface area (Å²) in [4.78, 5) is 16.9. The summed E-state index contributed by atoms with van der Waals surface area (Å²) in [7, 11) is 0. The summed E-state index contributed by atoms with van der Waals surface area (Å²) in [5.41, 5.74) is 2.04.